The van der Waals surface area contributed by atoms with Crippen molar-refractivity contribution < 1.29 is 9.90 Å². The van der Waals surface area contributed by atoms with Gasteiger partial charge in [0.05, 0.1) is 11.4 Å². The molecule has 128 valence electrons. The molecule has 0 aliphatic heterocycles. The first-order valence-electron chi connectivity index (χ1n) is 8.41. The molecule has 0 aliphatic carbocycles. The number of aryl methyl sites for hydroxylation is 1. The fourth-order valence-electron chi connectivity index (χ4n) is 3.40. The van der Waals surface area contributed by atoms with Crippen LogP contribution in [0.5, 0.6) is 0 Å². The van der Waals surface area contributed by atoms with E-state index in [2.05, 4.69) is 4.98 Å². The lowest BCUT2D eigenvalue weighted by atomic mass is 9.85. The smallest absolute Gasteiger partial charge is 0.311 e. The van der Waals surface area contributed by atoms with Crippen molar-refractivity contribution in [2.75, 3.05) is 0 Å². The van der Waals surface area contributed by atoms with Crippen molar-refractivity contribution in [1.82, 2.24) is 4.98 Å². The van der Waals surface area contributed by atoms with Crippen LogP contribution in [-0.2, 0) is 4.79 Å². The summed E-state index contributed by atoms with van der Waals surface area (Å²) in [6.07, 6.45) is 1.36. The zero-order valence-electron chi connectivity index (χ0n) is 14.3. The van der Waals surface area contributed by atoms with Crippen molar-refractivity contribution in [2.24, 2.45) is 0 Å². The van der Waals surface area contributed by atoms with E-state index in [1.54, 1.807) is 0 Å². The van der Waals surface area contributed by atoms with Crippen LogP contribution in [0.3, 0.4) is 0 Å². The quantitative estimate of drug-likeness (QED) is 0.627. The standard InChI is InChI=1S/C21H20ClNO2/c1-3-7-16(21(24)25)19-13(2)23-18-11-10-15(22)12-17(18)20(19)14-8-5-4-6-9-14/h4-6,8-12,16H,3,7H2,1-2H3,(H,24,25)/t16-/m1/s1. The highest BCUT2D eigenvalue weighted by molar-refractivity contribution is 6.31. The van der Waals surface area contributed by atoms with Crippen molar-refractivity contribution >= 4 is 28.5 Å². The first kappa shape index (κ1) is 17.4. The number of aromatic nitrogens is 1. The van der Waals surface area contributed by atoms with Crippen LogP contribution in [-0.4, -0.2) is 16.1 Å². The van der Waals surface area contributed by atoms with E-state index in [0.29, 0.717) is 11.4 Å². The average Bonchev–Trinajstić information content (AvgIpc) is 2.60. The molecule has 1 atom stereocenters. The van der Waals surface area contributed by atoms with Crippen LogP contribution in [0.1, 0.15) is 36.9 Å². The number of halogens is 1. The number of benzene rings is 2. The number of hydrogen-bond donors (Lipinski definition) is 1. The summed E-state index contributed by atoms with van der Waals surface area (Å²) in [6.45, 7) is 3.89. The van der Waals surface area contributed by atoms with Crippen molar-refractivity contribution in [3.8, 4) is 11.1 Å². The first-order valence-corrected chi connectivity index (χ1v) is 8.78. The largest absolute Gasteiger partial charge is 0.481 e. The molecule has 0 aliphatic rings. The molecule has 4 heteroatoms. The number of rotatable bonds is 5. The molecule has 0 amide bonds. The number of pyridine rings is 1. The highest BCUT2D eigenvalue weighted by Gasteiger charge is 2.26. The summed E-state index contributed by atoms with van der Waals surface area (Å²) < 4.78 is 0. The molecule has 2 aromatic carbocycles. The van der Waals surface area contributed by atoms with Gasteiger partial charge in [-0.2, -0.15) is 0 Å². The van der Waals surface area contributed by atoms with Gasteiger partial charge in [0, 0.05) is 16.1 Å². The van der Waals surface area contributed by atoms with Gasteiger partial charge in [0.15, 0.2) is 0 Å². The third kappa shape index (κ3) is 3.38. The van der Waals surface area contributed by atoms with E-state index in [4.69, 9.17) is 11.6 Å². The molecule has 0 saturated carbocycles. The third-order valence-electron chi connectivity index (χ3n) is 4.46. The highest BCUT2D eigenvalue weighted by Crippen LogP contribution is 2.39. The van der Waals surface area contributed by atoms with E-state index in [0.717, 1.165) is 39.7 Å². The molecular formula is C21H20ClNO2. The molecule has 0 fully saturated rings. The lowest BCUT2D eigenvalue weighted by molar-refractivity contribution is -0.139. The molecule has 1 heterocycles. The normalized spacial score (nSPS) is 12.3. The monoisotopic (exact) mass is 353 g/mol. The SMILES string of the molecule is CCC[C@@H](C(=O)O)c1c(C)nc2ccc(Cl)cc2c1-c1ccccc1. The Labute approximate surface area is 152 Å². The Hall–Kier alpha value is -2.39. The maximum Gasteiger partial charge on any atom is 0.311 e. The molecule has 0 radical (unpaired) electrons. The zero-order valence-corrected chi connectivity index (χ0v) is 15.0. The van der Waals surface area contributed by atoms with E-state index in [1.807, 2.05) is 62.4 Å². The number of carboxylic acid groups (broad SMARTS) is 1. The predicted octanol–water partition coefficient (Wildman–Crippen LogP) is 5.83. The van der Waals surface area contributed by atoms with Crippen LogP contribution in [0.25, 0.3) is 22.0 Å². The van der Waals surface area contributed by atoms with Gasteiger partial charge in [0.1, 0.15) is 0 Å². The molecule has 0 unspecified atom stereocenters. The van der Waals surface area contributed by atoms with E-state index >= 15 is 0 Å². The molecule has 25 heavy (non-hydrogen) atoms. The van der Waals surface area contributed by atoms with E-state index in [1.165, 1.54) is 0 Å². The molecule has 0 bridgehead atoms. The Bertz CT molecular complexity index is 922. The minimum Gasteiger partial charge on any atom is -0.481 e. The van der Waals surface area contributed by atoms with Gasteiger partial charge in [-0.25, -0.2) is 0 Å². The molecule has 3 rings (SSSR count). The average molecular weight is 354 g/mol. The predicted molar refractivity (Wildman–Crippen MR) is 102 cm³/mol. The summed E-state index contributed by atoms with van der Waals surface area (Å²) in [5.74, 6) is -1.40. The summed E-state index contributed by atoms with van der Waals surface area (Å²) in [5, 5.41) is 11.3. The van der Waals surface area contributed by atoms with Crippen LogP contribution in [0, 0.1) is 6.92 Å². The van der Waals surface area contributed by atoms with Gasteiger partial charge < -0.3 is 5.11 Å². The minimum atomic E-state index is -0.815. The molecule has 1 aromatic heterocycles. The summed E-state index contributed by atoms with van der Waals surface area (Å²) in [4.78, 5) is 16.6. The van der Waals surface area contributed by atoms with Crippen molar-refractivity contribution in [3.05, 3.63) is 64.8 Å². The number of hydrogen-bond acceptors (Lipinski definition) is 2. The Balaban J connectivity index is 2.42. The van der Waals surface area contributed by atoms with Crippen LogP contribution < -0.4 is 0 Å². The second kappa shape index (κ2) is 7.24. The van der Waals surface area contributed by atoms with Crippen LogP contribution in [0.15, 0.2) is 48.5 Å². The molecule has 0 saturated heterocycles. The van der Waals surface area contributed by atoms with Gasteiger partial charge in [-0.05, 0) is 48.2 Å². The van der Waals surface area contributed by atoms with Crippen LogP contribution in [0.2, 0.25) is 5.02 Å². The summed E-state index contributed by atoms with van der Waals surface area (Å²) in [5.41, 5.74) is 4.28. The third-order valence-corrected chi connectivity index (χ3v) is 4.70. The molecule has 0 spiro atoms. The molecule has 3 aromatic rings. The van der Waals surface area contributed by atoms with E-state index < -0.39 is 11.9 Å². The topological polar surface area (TPSA) is 50.2 Å². The van der Waals surface area contributed by atoms with Gasteiger partial charge >= 0.3 is 5.97 Å². The van der Waals surface area contributed by atoms with Gasteiger partial charge in [-0.1, -0.05) is 55.3 Å². The number of fused-ring (bicyclic) bond motifs is 1. The number of carbonyl (C=O) groups is 1. The van der Waals surface area contributed by atoms with Gasteiger partial charge in [-0.3, -0.25) is 9.78 Å². The van der Waals surface area contributed by atoms with Gasteiger partial charge in [-0.15, -0.1) is 0 Å². The summed E-state index contributed by atoms with van der Waals surface area (Å²) >= 11 is 6.23. The van der Waals surface area contributed by atoms with Crippen molar-refractivity contribution in [3.63, 3.8) is 0 Å². The second-order valence-corrected chi connectivity index (χ2v) is 6.63. The Kier molecular flexibility index (Phi) is 5.05. The fourth-order valence-corrected chi connectivity index (χ4v) is 3.57. The fraction of sp³-hybridized carbons (Fsp3) is 0.238. The summed E-state index contributed by atoms with van der Waals surface area (Å²) in [7, 11) is 0. The minimum absolute atomic E-state index is 0.573. The molecule has 1 N–H and O–H groups in total. The Morgan fingerprint density at radius 1 is 1.20 bits per heavy atom. The number of carboxylic acids is 1. The highest BCUT2D eigenvalue weighted by atomic mass is 35.5. The number of aliphatic carboxylic acids is 1. The van der Waals surface area contributed by atoms with E-state index in [9.17, 15) is 9.90 Å². The Morgan fingerprint density at radius 2 is 1.92 bits per heavy atom. The zero-order chi connectivity index (χ0) is 18.0. The van der Waals surface area contributed by atoms with Gasteiger partial charge in [0.2, 0.25) is 0 Å². The summed E-state index contributed by atoms with van der Waals surface area (Å²) in [6, 6.07) is 15.4. The molecule has 3 nitrogen and oxygen atoms in total. The van der Waals surface area contributed by atoms with E-state index in [-0.39, 0.29) is 0 Å². The Morgan fingerprint density at radius 3 is 2.56 bits per heavy atom. The van der Waals surface area contributed by atoms with Crippen molar-refractivity contribution in [1.29, 1.82) is 0 Å². The number of nitrogens with zero attached hydrogens (tertiary/aromatic N) is 1. The van der Waals surface area contributed by atoms with Crippen molar-refractivity contribution in [2.45, 2.75) is 32.6 Å². The van der Waals surface area contributed by atoms with Crippen LogP contribution in [0.4, 0.5) is 0 Å². The second-order valence-electron chi connectivity index (χ2n) is 6.19. The maximum atomic E-state index is 12.0. The van der Waals surface area contributed by atoms with Gasteiger partial charge in [0.25, 0.3) is 0 Å². The lowest BCUT2D eigenvalue weighted by Gasteiger charge is -2.21. The van der Waals surface area contributed by atoms with Crippen LogP contribution >= 0.6 is 11.6 Å². The lowest BCUT2D eigenvalue weighted by Crippen LogP contribution is -2.15. The first-order chi connectivity index (χ1) is 12.0. The molecular weight excluding hydrogens is 334 g/mol. The maximum absolute atomic E-state index is 12.0.